The lowest BCUT2D eigenvalue weighted by molar-refractivity contribution is -0.114. The van der Waals surface area contributed by atoms with Crippen molar-refractivity contribution in [3.05, 3.63) is 89.1 Å². The van der Waals surface area contributed by atoms with Crippen LogP contribution in [0.1, 0.15) is 17.2 Å². The third-order valence-electron chi connectivity index (χ3n) is 3.60. The van der Waals surface area contributed by atoms with E-state index in [-0.39, 0.29) is 5.91 Å². The first-order valence-corrected chi connectivity index (χ1v) is 8.21. The van der Waals surface area contributed by atoms with Crippen molar-refractivity contribution in [2.24, 2.45) is 0 Å². The van der Waals surface area contributed by atoms with E-state index in [1.807, 2.05) is 49.4 Å². The maximum absolute atomic E-state index is 12.7. The van der Waals surface area contributed by atoms with Crippen LogP contribution in [0.4, 0.5) is 5.69 Å². The molecular formula is C20H17ClN2O2. The lowest BCUT2D eigenvalue weighted by Crippen LogP contribution is -2.29. The van der Waals surface area contributed by atoms with Gasteiger partial charge in [-0.05, 0) is 61.5 Å². The minimum Gasteiger partial charge on any atom is -0.462 e. The number of aromatic nitrogens is 1. The molecule has 0 unspecified atom stereocenters. The van der Waals surface area contributed by atoms with Crippen LogP contribution in [0.3, 0.4) is 0 Å². The van der Waals surface area contributed by atoms with E-state index < -0.39 is 0 Å². The van der Waals surface area contributed by atoms with Gasteiger partial charge in [-0.3, -0.25) is 9.78 Å². The fourth-order valence-corrected chi connectivity index (χ4v) is 2.48. The molecule has 0 aliphatic carbocycles. The van der Waals surface area contributed by atoms with E-state index in [1.54, 1.807) is 29.3 Å². The van der Waals surface area contributed by atoms with Crippen LogP contribution < -0.4 is 4.90 Å². The molecule has 4 nitrogen and oxygen atoms in total. The zero-order valence-electron chi connectivity index (χ0n) is 13.7. The molecule has 0 saturated heterocycles. The number of furan rings is 1. The number of carbonyl (C=O) groups excluding carboxylic acids is 1. The SMILES string of the molecule is Cc1ccc(/C=C/C(=O)N(Cc2ccccn2)c2ccc(Cl)cc2)o1. The van der Waals surface area contributed by atoms with Crippen molar-refractivity contribution in [1.82, 2.24) is 4.98 Å². The summed E-state index contributed by atoms with van der Waals surface area (Å²) in [4.78, 5) is 18.7. The lowest BCUT2D eigenvalue weighted by atomic mass is 10.2. The van der Waals surface area contributed by atoms with Crippen LogP contribution in [0, 0.1) is 6.92 Å². The molecule has 1 amide bonds. The standard InChI is InChI=1S/C20H17ClN2O2/c1-15-5-10-19(25-15)11-12-20(24)23(14-17-4-2-3-13-22-17)18-8-6-16(21)7-9-18/h2-13H,14H2,1H3/b12-11+. The number of nitrogens with zero attached hydrogens (tertiary/aromatic N) is 2. The molecule has 1 aromatic carbocycles. The third kappa shape index (κ3) is 4.58. The molecule has 0 fully saturated rings. The average Bonchev–Trinajstić information content (AvgIpc) is 3.05. The Morgan fingerprint density at radius 3 is 2.60 bits per heavy atom. The number of anilines is 1. The highest BCUT2D eigenvalue weighted by molar-refractivity contribution is 6.30. The molecule has 3 aromatic rings. The number of aryl methyl sites for hydroxylation is 1. The van der Waals surface area contributed by atoms with Crippen LogP contribution in [0.25, 0.3) is 6.08 Å². The summed E-state index contributed by atoms with van der Waals surface area (Å²) < 4.78 is 5.47. The Morgan fingerprint density at radius 2 is 1.96 bits per heavy atom. The van der Waals surface area contributed by atoms with Gasteiger partial charge in [-0.1, -0.05) is 17.7 Å². The number of rotatable bonds is 5. The van der Waals surface area contributed by atoms with Gasteiger partial charge in [0.1, 0.15) is 11.5 Å². The molecule has 25 heavy (non-hydrogen) atoms. The van der Waals surface area contributed by atoms with Gasteiger partial charge >= 0.3 is 0 Å². The van der Waals surface area contributed by atoms with E-state index in [0.717, 1.165) is 17.1 Å². The molecule has 0 radical (unpaired) electrons. The van der Waals surface area contributed by atoms with Gasteiger partial charge in [-0.25, -0.2) is 0 Å². The third-order valence-corrected chi connectivity index (χ3v) is 3.85. The molecule has 0 aliphatic heterocycles. The van der Waals surface area contributed by atoms with Gasteiger partial charge in [0.25, 0.3) is 5.91 Å². The first-order valence-electron chi connectivity index (χ1n) is 7.83. The van der Waals surface area contributed by atoms with Gasteiger partial charge in [0.2, 0.25) is 0 Å². The summed E-state index contributed by atoms with van der Waals surface area (Å²) in [6.45, 7) is 2.23. The van der Waals surface area contributed by atoms with E-state index in [4.69, 9.17) is 16.0 Å². The second kappa shape index (κ2) is 7.81. The number of amides is 1. The second-order valence-electron chi connectivity index (χ2n) is 5.50. The van der Waals surface area contributed by atoms with E-state index in [1.165, 1.54) is 6.08 Å². The van der Waals surface area contributed by atoms with Crippen LogP contribution in [-0.4, -0.2) is 10.9 Å². The van der Waals surface area contributed by atoms with Gasteiger partial charge in [-0.2, -0.15) is 0 Å². The fourth-order valence-electron chi connectivity index (χ4n) is 2.36. The average molecular weight is 353 g/mol. The molecule has 0 N–H and O–H groups in total. The van der Waals surface area contributed by atoms with Gasteiger partial charge < -0.3 is 9.32 Å². The van der Waals surface area contributed by atoms with E-state index in [2.05, 4.69) is 4.98 Å². The second-order valence-corrected chi connectivity index (χ2v) is 5.94. The maximum Gasteiger partial charge on any atom is 0.251 e. The normalized spacial score (nSPS) is 11.0. The van der Waals surface area contributed by atoms with E-state index in [9.17, 15) is 4.79 Å². The molecule has 0 saturated carbocycles. The Labute approximate surface area is 151 Å². The molecule has 126 valence electrons. The summed E-state index contributed by atoms with van der Waals surface area (Å²) >= 11 is 5.96. The van der Waals surface area contributed by atoms with Crippen LogP contribution in [0.5, 0.6) is 0 Å². The van der Waals surface area contributed by atoms with E-state index >= 15 is 0 Å². The first kappa shape index (κ1) is 17.0. The predicted molar refractivity (Wildman–Crippen MR) is 99.4 cm³/mol. The Kier molecular flexibility index (Phi) is 5.31. The van der Waals surface area contributed by atoms with Gasteiger partial charge in [0, 0.05) is 23.0 Å². The summed E-state index contributed by atoms with van der Waals surface area (Å²) in [7, 11) is 0. The van der Waals surface area contributed by atoms with Crippen molar-refractivity contribution < 1.29 is 9.21 Å². The number of hydrogen-bond acceptors (Lipinski definition) is 3. The van der Waals surface area contributed by atoms with Crippen molar-refractivity contribution in [3.8, 4) is 0 Å². The summed E-state index contributed by atoms with van der Waals surface area (Å²) in [5, 5.41) is 0.621. The van der Waals surface area contributed by atoms with Crippen LogP contribution in [-0.2, 0) is 11.3 Å². The summed E-state index contributed by atoms with van der Waals surface area (Å²) in [6.07, 6.45) is 4.87. The molecule has 3 rings (SSSR count). The quantitative estimate of drug-likeness (QED) is 0.614. The summed E-state index contributed by atoms with van der Waals surface area (Å²) in [5.41, 5.74) is 1.55. The monoisotopic (exact) mass is 352 g/mol. The Hall–Kier alpha value is -2.85. The Morgan fingerprint density at radius 1 is 1.16 bits per heavy atom. The maximum atomic E-state index is 12.7. The molecule has 2 heterocycles. The van der Waals surface area contributed by atoms with E-state index in [0.29, 0.717) is 17.3 Å². The highest BCUT2D eigenvalue weighted by Gasteiger charge is 2.14. The molecule has 5 heteroatoms. The first-order chi connectivity index (χ1) is 12.1. The highest BCUT2D eigenvalue weighted by Crippen LogP contribution is 2.20. The van der Waals surface area contributed by atoms with Crippen LogP contribution in [0.2, 0.25) is 5.02 Å². The number of carbonyl (C=O) groups is 1. The number of halogens is 1. The lowest BCUT2D eigenvalue weighted by Gasteiger charge is -2.21. The number of benzene rings is 1. The summed E-state index contributed by atoms with van der Waals surface area (Å²) in [6, 6.07) is 16.5. The summed E-state index contributed by atoms with van der Waals surface area (Å²) in [5.74, 6) is 1.27. The van der Waals surface area contributed by atoms with Crippen molar-refractivity contribution >= 4 is 29.3 Å². The Bertz CT molecular complexity index is 870. The minimum atomic E-state index is -0.165. The molecule has 0 spiro atoms. The van der Waals surface area contributed by atoms with Gasteiger partial charge in [0.05, 0.1) is 12.2 Å². The molecular weight excluding hydrogens is 336 g/mol. The van der Waals surface area contributed by atoms with Gasteiger partial charge in [0.15, 0.2) is 0 Å². The highest BCUT2D eigenvalue weighted by atomic mass is 35.5. The Balaban J connectivity index is 1.85. The molecule has 2 aromatic heterocycles. The predicted octanol–water partition coefficient (Wildman–Crippen LogP) is 4.88. The molecule has 0 aliphatic rings. The molecule has 0 atom stereocenters. The largest absolute Gasteiger partial charge is 0.462 e. The fraction of sp³-hybridized carbons (Fsp3) is 0.100. The van der Waals surface area contributed by atoms with Crippen molar-refractivity contribution in [1.29, 1.82) is 0 Å². The zero-order chi connectivity index (χ0) is 17.6. The van der Waals surface area contributed by atoms with Crippen molar-refractivity contribution in [3.63, 3.8) is 0 Å². The number of hydrogen-bond donors (Lipinski definition) is 0. The topological polar surface area (TPSA) is 46.3 Å². The van der Waals surface area contributed by atoms with Gasteiger partial charge in [-0.15, -0.1) is 0 Å². The van der Waals surface area contributed by atoms with Crippen LogP contribution >= 0.6 is 11.6 Å². The van der Waals surface area contributed by atoms with Crippen LogP contribution in [0.15, 0.2) is 71.3 Å². The van der Waals surface area contributed by atoms with Crippen molar-refractivity contribution in [2.75, 3.05) is 4.90 Å². The number of pyridine rings is 1. The zero-order valence-corrected chi connectivity index (χ0v) is 14.5. The minimum absolute atomic E-state index is 0.165. The van der Waals surface area contributed by atoms with Crippen molar-refractivity contribution in [2.45, 2.75) is 13.5 Å². The smallest absolute Gasteiger partial charge is 0.251 e. The molecule has 0 bridgehead atoms.